The molecule has 1 aromatic heterocycles. The highest BCUT2D eigenvalue weighted by Crippen LogP contribution is 2.35. The maximum atomic E-state index is 11.9. The average molecular weight is 331 g/mol. The van der Waals surface area contributed by atoms with Gasteiger partial charge in [-0.1, -0.05) is 23.2 Å². The molecular formula is C12H12Cl2N4OS. The highest BCUT2D eigenvalue weighted by molar-refractivity contribution is 7.00. The van der Waals surface area contributed by atoms with Crippen LogP contribution in [0, 0.1) is 0 Å². The Morgan fingerprint density at radius 3 is 2.80 bits per heavy atom. The van der Waals surface area contributed by atoms with E-state index in [0.717, 1.165) is 11.7 Å². The normalized spacial score (nSPS) is 14.7. The molecule has 1 aliphatic carbocycles. The number of halogens is 2. The lowest BCUT2D eigenvalue weighted by Gasteiger charge is -2.08. The summed E-state index contributed by atoms with van der Waals surface area (Å²) in [6, 6.07) is 2.17. The van der Waals surface area contributed by atoms with Crippen LogP contribution in [0.3, 0.4) is 0 Å². The lowest BCUT2D eigenvalue weighted by atomic mass is 10.2. The summed E-state index contributed by atoms with van der Waals surface area (Å²) in [7, 11) is 0. The summed E-state index contributed by atoms with van der Waals surface area (Å²) in [5, 5.41) is 6.89. The number of hydrogen-bond acceptors (Lipinski definition) is 5. The predicted octanol–water partition coefficient (Wildman–Crippen LogP) is 3.08. The number of carbonyl (C=O) groups excluding carboxylic acids is 1. The highest BCUT2D eigenvalue weighted by Gasteiger charge is 2.20. The zero-order valence-electron chi connectivity index (χ0n) is 10.4. The van der Waals surface area contributed by atoms with Gasteiger partial charge < -0.3 is 10.6 Å². The van der Waals surface area contributed by atoms with Crippen molar-refractivity contribution in [1.29, 1.82) is 0 Å². The number of nitrogens with one attached hydrogen (secondary N) is 2. The second kappa shape index (κ2) is 5.81. The molecule has 20 heavy (non-hydrogen) atoms. The third-order valence-electron chi connectivity index (χ3n) is 3.07. The Balaban J connectivity index is 1.72. The van der Waals surface area contributed by atoms with Gasteiger partial charge in [-0.2, -0.15) is 8.75 Å². The Labute approximate surface area is 130 Å². The Bertz CT molecular complexity index is 656. The highest BCUT2D eigenvalue weighted by atomic mass is 35.5. The van der Waals surface area contributed by atoms with Crippen molar-refractivity contribution in [2.45, 2.75) is 25.3 Å². The minimum atomic E-state index is -0.100. The molecule has 0 bridgehead atoms. The van der Waals surface area contributed by atoms with Gasteiger partial charge in [-0.05, 0) is 18.9 Å². The van der Waals surface area contributed by atoms with Gasteiger partial charge in [0.05, 0.1) is 27.5 Å². The maximum Gasteiger partial charge on any atom is 0.225 e. The van der Waals surface area contributed by atoms with E-state index in [9.17, 15) is 4.79 Å². The summed E-state index contributed by atoms with van der Waals surface area (Å²) >= 11 is 13.2. The predicted molar refractivity (Wildman–Crippen MR) is 81.7 cm³/mol. The van der Waals surface area contributed by atoms with Gasteiger partial charge in [0.1, 0.15) is 11.0 Å². The third-order valence-corrected chi connectivity index (χ3v) is 4.19. The smallest absolute Gasteiger partial charge is 0.225 e. The van der Waals surface area contributed by atoms with Crippen molar-refractivity contribution < 1.29 is 4.79 Å². The average Bonchev–Trinajstić information content (AvgIpc) is 3.08. The molecule has 2 aromatic rings. The summed E-state index contributed by atoms with van der Waals surface area (Å²) in [6.07, 6.45) is 2.81. The Hall–Kier alpha value is -0.950. The number of carbonyl (C=O) groups is 1. The van der Waals surface area contributed by atoms with Gasteiger partial charge in [0.25, 0.3) is 0 Å². The van der Waals surface area contributed by atoms with E-state index in [0.29, 0.717) is 45.8 Å². The van der Waals surface area contributed by atoms with Crippen LogP contribution in [-0.2, 0) is 4.79 Å². The molecule has 1 aromatic carbocycles. The molecule has 0 radical (unpaired) electrons. The van der Waals surface area contributed by atoms with Gasteiger partial charge in [0, 0.05) is 19.0 Å². The largest absolute Gasteiger partial charge is 0.323 e. The number of nitrogens with zero attached hydrogens (tertiary/aromatic N) is 2. The van der Waals surface area contributed by atoms with Crippen LogP contribution < -0.4 is 10.6 Å². The Morgan fingerprint density at radius 1 is 1.30 bits per heavy atom. The van der Waals surface area contributed by atoms with Gasteiger partial charge in [0.2, 0.25) is 5.91 Å². The van der Waals surface area contributed by atoms with E-state index >= 15 is 0 Å². The van der Waals surface area contributed by atoms with Crippen molar-refractivity contribution in [1.82, 2.24) is 14.1 Å². The van der Waals surface area contributed by atoms with E-state index < -0.39 is 0 Å². The molecule has 0 saturated heterocycles. The van der Waals surface area contributed by atoms with E-state index in [-0.39, 0.29) is 5.91 Å². The summed E-state index contributed by atoms with van der Waals surface area (Å²) < 4.78 is 8.24. The molecule has 1 heterocycles. The lowest BCUT2D eigenvalue weighted by molar-refractivity contribution is -0.116. The summed E-state index contributed by atoms with van der Waals surface area (Å²) in [4.78, 5) is 11.9. The van der Waals surface area contributed by atoms with Gasteiger partial charge in [-0.3, -0.25) is 4.79 Å². The molecule has 0 unspecified atom stereocenters. The molecule has 8 heteroatoms. The molecule has 1 amide bonds. The van der Waals surface area contributed by atoms with Crippen LogP contribution in [0.2, 0.25) is 10.0 Å². The molecule has 1 fully saturated rings. The second-order valence-corrected chi connectivity index (χ2v) is 6.05. The molecule has 1 aliphatic rings. The fraction of sp³-hybridized carbons (Fsp3) is 0.417. The number of rotatable bonds is 5. The SMILES string of the molecule is O=C(CCNC1CC1)Nc1c(Cl)cc(Cl)c2nsnc12. The van der Waals surface area contributed by atoms with Crippen LogP contribution in [0.15, 0.2) is 6.07 Å². The molecule has 106 valence electrons. The van der Waals surface area contributed by atoms with Crippen molar-refractivity contribution >= 4 is 57.6 Å². The van der Waals surface area contributed by atoms with E-state index in [4.69, 9.17) is 23.2 Å². The summed E-state index contributed by atoms with van der Waals surface area (Å²) in [6.45, 7) is 0.667. The van der Waals surface area contributed by atoms with Gasteiger partial charge in [-0.25, -0.2) is 0 Å². The van der Waals surface area contributed by atoms with Crippen molar-refractivity contribution in [3.8, 4) is 0 Å². The van der Waals surface area contributed by atoms with Crippen LogP contribution in [0.1, 0.15) is 19.3 Å². The number of amides is 1. The van der Waals surface area contributed by atoms with Crippen molar-refractivity contribution in [2.24, 2.45) is 0 Å². The topological polar surface area (TPSA) is 66.9 Å². The van der Waals surface area contributed by atoms with E-state index in [1.807, 2.05) is 0 Å². The molecule has 2 N–H and O–H groups in total. The molecule has 0 atom stereocenters. The van der Waals surface area contributed by atoms with Crippen LogP contribution in [0.25, 0.3) is 11.0 Å². The quantitative estimate of drug-likeness (QED) is 0.884. The Kier molecular flexibility index (Phi) is 4.07. The first-order valence-corrected chi connectivity index (χ1v) is 7.77. The number of benzene rings is 1. The Morgan fingerprint density at radius 2 is 2.05 bits per heavy atom. The molecule has 0 spiro atoms. The van der Waals surface area contributed by atoms with Crippen molar-refractivity contribution in [2.75, 3.05) is 11.9 Å². The van der Waals surface area contributed by atoms with Gasteiger partial charge in [-0.15, -0.1) is 0 Å². The van der Waals surface area contributed by atoms with Crippen LogP contribution >= 0.6 is 34.9 Å². The number of anilines is 1. The van der Waals surface area contributed by atoms with Crippen molar-refractivity contribution in [3.63, 3.8) is 0 Å². The molecular weight excluding hydrogens is 319 g/mol. The fourth-order valence-electron chi connectivity index (χ4n) is 1.87. The molecule has 1 saturated carbocycles. The van der Waals surface area contributed by atoms with E-state index in [2.05, 4.69) is 19.4 Å². The third kappa shape index (κ3) is 3.03. The summed E-state index contributed by atoms with van der Waals surface area (Å²) in [5.74, 6) is -0.100. The standard InChI is InChI=1S/C12H12Cl2N4OS/c13-7-5-8(14)11-12(18-20-17-11)10(7)16-9(19)3-4-15-6-1-2-6/h5-6,15H,1-4H2,(H,16,19). The number of aromatic nitrogens is 2. The molecule has 3 rings (SSSR count). The molecule has 5 nitrogen and oxygen atoms in total. The number of fused-ring (bicyclic) bond motifs is 1. The van der Waals surface area contributed by atoms with Crippen LogP contribution in [0.4, 0.5) is 5.69 Å². The minimum Gasteiger partial charge on any atom is -0.323 e. The van der Waals surface area contributed by atoms with Gasteiger partial charge >= 0.3 is 0 Å². The fourth-order valence-corrected chi connectivity index (χ4v) is 3.03. The minimum absolute atomic E-state index is 0.100. The second-order valence-electron chi connectivity index (χ2n) is 4.70. The first-order chi connectivity index (χ1) is 9.65. The van der Waals surface area contributed by atoms with Crippen molar-refractivity contribution in [3.05, 3.63) is 16.1 Å². The zero-order chi connectivity index (χ0) is 14.1. The maximum absolute atomic E-state index is 11.9. The monoisotopic (exact) mass is 330 g/mol. The lowest BCUT2D eigenvalue weighted by Crippen LogP contribution is -2.23. The van der Waals surface area contributed by atoms with Gasteiger partial charge in [0.15, 0.2) is 0 Å². The first kappa shape index (κ1) is 14.0. The molecule has 0 aliphatic heterocycles. The number of hydrogen-bond donors (Lipinski definition) is 2. The summed E-state index contributed by atoms with van der Waals surface area (Å²) in [5.41, 5.74) is 1.58. The van der Waals surface area contributed by atoms with E-state index in [1.54, 1.807) is 6.07 Å². The van der Waals surface area contributed by atoms with Crippen LogP contribution in [0.5, 0.6) is 0 Å². The first-order valence-electron chi connectivity index (χ1n) is 6.28. The van der Waals surface area contributed by atoms with E-state index in [1.165, 1.54) is 12.8 Å². The zero-order valence-corrected chi connectivity index (χ0v) is 12.8. The van der Waals surface area contributed by atoms with Crippen LogP contribution in [-0.4, -0.2) is 27.2 Å².